The topological polar surface area (TPSA) is 61.4 Å². The molecule has 1 saturated heterocycles. The third kappa shape index (κ3) is 6.20. The van der Waals surface area contributed by atoms with E-state index in [2.05, 4.69) is 52.8 Å². The lowest BCUT2D eigenvalue weighted by Crippen LogP contribution is -2.49. The number of halogens is 1. The van der Waals surface area contributed by atoms with Crippen LogP contribution < -0.4 is 10.6 Å². The van der Waals surface area contributed by atoms with Gasteiger partial charge in [0.1, 0.15) is 5.82 Å². The molecule has 0 radical (unpaired) electrons. The van der Waals surface area contributed by atoms with Gasteiger partial charge in [0, 0.05) is 31.9 Å². The number of nitrogens with zero attached hydrogens (tertiary/aromatic N) is 1. The molecule has 2 N–H and O–H groups in total. The van der Waals surface area contributed by atoms with Crippen molar-refractivity contribution in [3.63, 3.8) is 0 Å². The number of anilines is 1. The molecular weight excluding hydrogens is 429 g/mol. The summed E-state index contributed by atoms with van der Waals surface area (Å²) in [5.41, 5.74) is 1.71. The van der Waals surface area contributed by atoms with Gasteiger partial charge in [0.25, 0.3) is 0 Å². The van der Waals surface area contributed by atoms with Crippen LogP contribution in [0.15, 0.2) is 66.7 Å². The molecule has 0 saturated carbocycles. The minimum Gasteiger partial charge on any atom is -0.356 e. The summed E-state index contributed by atoms with van der Waals surface area (Å²) in [6, 6.07) is 20.4. The summed E-state index contributed by atoms with van der Waals surface area (Å²) in [5.74, 6) is -1.06. The second-order valence-electron chi connectivity index (χ2n) is 9.15. The van der Waals surface area contributed by atoms with Crippen molar-refractivity contribution in [1.29, 1.82) is 0 Å². The van der Waals surface area contributed by atoms with E-state index in [0.29, 0.717) is 38.3 Å². The Bertz CT molecular complexity index is 1130. The van der Waals surface area contributed by atoms with Gasteiger partial charge in [-0.15, -0.1) is 0 Å². The van der Waals surface area contributed by atoms with E-state index in [-0.39, 0.29) is 29.5 Å². The molecule has 0 aliphatic carbocycles. The van der Waals surface area contributed by atoms with E-state index in [1.54, 1.807) is 12.1 Å². The molecular formula is C28H32FN3O2. The van der Waals surface area contributed by atoms with Crippen molar-refractivity contribution >= 4 is 28.3 Å². The van der Waals surface area contributed by atoms with Gasteiger partial charge in [-0.25, -0.2) is 4.39 Å². The molecule has 2 atom stereocenters. The zero-order chi connectivity index (χ0) is 23.9. The van der Waals surface area contributed by atoms with Gasteiger partial charge in [-0.1, -0.05) is 49.7 Å². The van der Waals surface area contributed by atoms with Crippen molar-refractivity contribution < 1.29 is 14.0 Å². The molecule has 6 heteroatoms. The van der Waals surface area contributed by atoms with Crippen LogP contribution in [0.1, 0.15) is 31.7 Å². The van der Waals surface area contributed by atoms with E-state index in [1.165, 1.54) is 22.9 Å². The Kier molecular flexibility index (Phi) is 7.91. The number of carbonyl (C=O) groups is 2. The molecule has 3 aromatic carbocycles. The van der Waals surface area contributed by atoms with Crippen molar-refractivity contribution in [3.8, 4) is 0 Å². The number of rotatable bonds is 8. The van der Waals surface area contributed by atoms with Gasteiger partial charge in [-0.2, -0.15) is 0 Å². The molecule has 1 fully saturated rings. The average Bonchev–Trinajstić information content (AvgIpc) is 2.85. The van der Waals surface area contributed by atoms with Crippen LogP contribution in [0.5, 0.6) is 0 Å². The van der Waals surface area contributed by atoms with Crippen molar-refractivity contribution in [2.45, 2.75) is 32.7 Å². The second-order valence-corrected chi connectivity index (χ2v) is 9.15. The van der Waals surface area contributed by atoms with E-state index in [4.69, 9.17) is 0 Å². The molecule has 0 bridgehead atoms. The van der Waals surface area contributed by atoms with Gasteiger partial charge < -0.3 is 10.6 Å². The quantitative estimate of drug-likeness (QED) is 0.466. The highest BCUT2D eigenvalue weighted by molar-refractivity contribution is 5.93. The molecule has 0 aromatic heterocycles. The monoisotopic (exact) mass is 461 g/mol. The number of likely N-dealkylation sites (tertiary alicyclic amines) is 1. The fourth-order valence-corrected chi connectivity index (χ4v) is 4.60. The van der Waals surface area contributed by atoms with Crippen molar-refractivity contribution in [2.24, 2.45) is 11.8 Å². The van der Waals surface area contributed by atoms with Gasteiger partial charge in [-0.3, -0.25) is 14.5 Å². The summed E-state index contributed by atoms with van der Waals surface area (Å²) in [6.45, 7) is 4.60. The van der Waals surface area contributed by atoms with Gasteiger partial charge >= 0.3 is 0 Å². The molecule has 1 heterocycles. The maximum Gasteiger partial charge on any atom is 0.228 e. The third-order valence-corrected chi connectivity index (χ3v) is 6.43. The van der Waals surface area contributed by atoms with Gasteiger partial charge in [0.2, 0.25) is 11.8 Å². The normalized spacial score (nSPS) is 18.5. The SMILES string of the molecule is CCCCNC(=O)[C@H]1C[C@@H](C(=O)Nc2ccc(F)cc2)CN(Cc2ccc3ccccc3c2)C1. The van der Waals surface area contributed by atoms with E-state index >= 15 is 0 Å². The lowest BCUT2D eigenvalue weighted by Gasteiger charge is -2.36. The highest BCUT2D eigenvalue weighted by Gasteiger charge is 2.35. The number of hydrogen-bond donors (Lipinski definition) is 2. The number of hydrogen-bond acceptors (Lipinski definition) is 3. The van der Waals surface area contributed by atoms with Crippen LogP contribution in [-0.4, -0.2) is 36.3 Å². The first-order valence-electron chi connectivity index (χ1n) is 12.1. The van der Waals surface area contributed by atoms with E-state index in [0.717, 1.165) is 18.4 Å². The molecule has 3 aromatic rings. The predicted molar refractivity (Wildman–Crippen MR) is 134 cm³/mol. The molecule has 0 unspecified atom stereocenters. The summed E-state index contributed by atoms with van der Waals surface area (Å²) in [6.07, 6.45) is 2.45. The molecule has 4 rings (SSSR count). The lowest BCUT2D eigenvalue weighted by atomic mass is 9.87. The minimum atomic E-state index is -0.346. The maximum absolute atomic E-state index is 13.2. The Hall–Kier alpha value is -3.25. The molecule has 1 aliphatic rings. The number of nitrogens with one attached hydrogen (secondary N) is 2. The largest absolute Gasteiger partial charge is 0.356 e. The maximum atomic E-state index is 13.2. The fraction of sp³-hybridized carbons (Fsp3) is 0.357. The Balaban J connectivity index is 1.48. The van der Waals surface area contributed by atoms with Gasteiger partial charge in [-0.05, 0) is 59.5 Å². The average molecular weight is 462 g/mol. The molecule has 0 spiro atoms. The van der Waals surface area contributed by atoms with Crippen LogP contribution in [0.3, 0.4) is 0 Å². The second kappa shape index (κ2) is 11.3. The summed E-state index contributed by atoms with van der Waals surface area (Å²) in [7, 11) is 0. The Labute approximate surface area is 200 Å². The number of fused-ring (bicyclic) bond motifs is 1. The van der Waals surface area contributed by atoms with Crippen molar-refractivity contribution in [3.05, 3.63) is 78.1 Å². The van der Waals surface area contributed by atoms with Crippen molar-refractivity contribution in [2.75, 3.05) is 25.0 Å². The Morgan fingerprint density at radius 1 is 0.941 bits per heavy atom. The number of unbranched alkanes of at least 4 members (excludes halogenated alkanes) is 1. The smallest absolute Gasteiger partial charge is 0.228 e. The zero-order valence-corrected chi connectivity index (χ0v) is 19.6. The third-order valence-electron chi connectivity index (χ3n) is 6.43. The minimum absolute atomic E-state index is 0.0104. The van der Waals surface area contributed by atoms with E-state index in [9.17, 15) is 14.0 Å². The van der Waals surface area contributed by atoms with Gasteiger partial charge in [0.05, 0.1) is 11.8 Å². The van der Waals surface area contributed by atoms with Crippen LogP contribution in [0.2, 0.25) is 0 Å². The zero-order valence-electron chi connectivity index (χ0n) is 19.6. The first kappa shape index (κ1) is 23.9. The first-order valence-corrected chi connectivity index (χ1v) is 12.1. The molecule has 178 valence electrons. The van der Waals surface area contributed by atoms with Crippen LogP contribution >= 0.6 is 0 Å². The summed E-state index contributed by atoms with van der Waals surface area (Å²) in [4.78, 5) is 28.2. The number of carbonyl (C=O) groups excluding carboxylic acids is 2. The lowest BCUT2D eigenvalue weighted by molar-refractivity contribution is -0.130. The Morgan fingerprint density at radius 3 is 2.38 bits per heavy atom. The Morgan fingerprint density at radius 2 is 1.65 bits per heavy atom. The van der Waals surface area contributed by atoms with Gasteiger partial charge in [0.15, 0.2) is 0 Å². The summed E-state index contributed by atoms with van der Waals surface area (Å²) in [5, 5.41) is 8.30. The van der Waals surface area contributed by atoms with Crippen LogP contribution in [0.25, 0.3) is 10.8 Å². The number of piperidine rings is 1. The van der Waals surface area contributed by atoms with Crippen molar-refractivity contribution in [1.82, 2.24) is 10.2 Å². The predicted octanol–water partition coefficient (Wildman–Crippen LogP) is 4.97. The number of amides is 2. The molecule has 1 aliphatic heterocycles. The van der Waals surface area contributed by atoms with Crippen LogP contribution in [-0.2, 0) is 16.1 Å². The highest BCUT2D eigenvalue weighted by Crippen LogP contribution is 2.26. The van der Waals surface area contributed by atoms with E-state index < -0.39 is 0 Å². The fourth-order valence-electron chi connectivity index (χ4n) is 4.60. The molecule has 2 amide bonds. The highest BCUT2D eigenvalue weighted by atomic mass is 19.1. The summed E-state index contributed by atoms with van der Waals surface area (Å²) >= 11 is 0. The first-order chi connectivity index (χ1) is 16.5. The van der Waals surface area contributed by atoms with Crippen LogP contribution in [0.4, 0.5) is 10.1 Å². The number of benzene rings is 3. The standard InChI is InChI=1S/C28H32FN3O2/c1-2-3-14-30-27(33)23-16-24(28(34)31-26-12-10-25(29)11-13-26)19-32(18-23)17-20-8-9-21-6-4-5-7-22(21)15-20/h4-13,15,23-24H,2-3,14,16-19H2,1H3,(H,30,33)(H,31,34)/t23-,24+/m0/s1. The molecule has 34 heavy (non-hydrogen) atoms. The summed E-state index contributed by atoms with van der Waals surface area (Å²) < 4.78 is 13.2. The van der Waals surface area contributed by atoms with E-state index in [1.807, 2.05) is 12.1 Å². The molecule has 5 nitrogen and oxygen atoms in total. The van der Waals surface area contributed by atoms with Crippen LogP contribution in [0, 0.1) is 17.7 Å².